The van der Waals surface area contributed by atoms with E-state index in [-0.39, 0.29) is 12.3 Å². The fourth-order valence-electron chi connectivity index (χ4n) is 5.72. The SMILES string of the molecule is CCCCCCCCCCCCCCCCCCCCCCCCCCCCCCC(CSCCC(=O)O)C(=O)O. The minimum atomic E-state index is -0.815. The third-order valence-corrected chi connectivity index (χ3v) is 9.67. The van der Waals surface area contributed by atoms with Crippen molar-refractivity contribution in [3.05, 3.63) is 0 Å². The van der Waals surface area contributed by atoms with Crippen LogP contribution in [0.3, 0.4) is 0 Å². The van der Waals surface area contributed by atoms with Crippen LogP contribution < -0.4 is 0 Å². The van der Waals surface area contributed by atoms with Crippen molar-refractivity contribution in [2.24, 2.45) is 5.92 Å². The van der Waals surface area contributed by atoms with Crippen molar-refractivity contribution < 1.29 is 19.8 Å². The van der Waals surface area contributed by atoms with Gasteiger partial charge in [-0.25, -0.2) is 0 Å². The van der Waals surface area contributed by atoms with Gasteiger partial charge >= 0.3 is 11.9 Å². The lowest BCUT2D eigenvalue weighted by atomic mass is 10.0. The minimum Gasteiger partial charge on any atom is -0.481 e. The van der Waals surface area contributed by atoms with Crippen LogP contribution in [0.2, 0.25) is 0 Å². The highest BCUT2D eigenvalue weighted by atomic mass is 32.2. The second kappa shape index (κ2) is 33.8. The molecule has 0 aliphatic heterocycles. The predicted octanol–water partition coefficient (Wildman–Crippen LogP) is 12.2. The van der Waals surface area contributed by atoms with Crippen LogP contribution in [-0.2, 0) is 9.59 Å². The van der Waals surface area contributed by atoms with E-state index in [4.69, 9.17) is 5.11 Å². The first kappa shape index (κ1) is 40.3. The zero-order valence-electron chi connectivity index (χ0n) is 27.3. The van der Waals surface area contributed by atoms with Crippen LogP contribution in [0.1, 0.15) is 200 Å². The van der Waals surface area contributed by atoms with Crippen molar-refractivity contribution >= 4 is 23.7 Å². The maximum absolute atomic E-state index is 11.4. The number of carboxylic acid groups (broad SMARTS) is 2. The van der Waals surface area contributed by atoms with E-state index >= 15 is 0 Å². The Bertz CT molecular complexity index is 554. The maximum atomic E-state index is 11.4. The van der Waals surface area contributed by atoms with E-state index in [1.54, 1.807) is 0 Å². The number of hydrogen-bond acceptors (Lipinski definition) is 3. The molecule has 0 saturated carbocycles. The summed E-state index contributed by atoms with van der Waals surface area (Å²) < 4.78 is 0. The zero-order chi connectivity index (χ0) is 30.1. The van der Waals surface area contributed by atoms with Crippen LogP contribution in [0.25, 0.3) is 0 Å². The highest BCUT2D eigenvalue weighted by Gasteiger charge is 2.17. The molecule has 2 N–H and O–H groups in total. The van der Waals surface area contributed by atoms with Crippen molar-refractivity contribution in [1.29, 1.82) is 0 Å². The molecular formula is C36H70O4S. The molecule has 0 rings (SSSR count). The molecule has 244 valence electrons. The normalized spacial score (nSPS) is 12.1. The first-order valence-electron chi connectivity index (χ1n) is 18.1. The molecule has 0 aliphatic carbocycles. The fourth-order valence-corrected chi connectivity index (χ4v) is 6.80. The number of carboxylic acids is 2. The van der Waals surface area contributed by atoms with Gasteiger partial charge in [0.1, 0.15) is 0 Å². The number of aliphatic carboxylic acids is 2. The lowest BCUT2D eigenvalue weighted by Gasteiger charge is -2.11. The highest BCUT2D eigenvalue weighted by molar-refractivity contribution is 7.99. The Hall–Kier alpha value is -0.710. The summed E-state index contributed by atoms with van der Waals surface area (Å²) in [6.45, 7) is 2.29. The molecule has 0 aromatic rings. The van der Waals surface area contributed by atoms with Gasteiger partial charge in [0.05, 0.1) is 12.3 Å². The molecule has 0 spiro atoms. The lowest BCUT2D eigenvalue weighted by molar-refractivity contribution is -0.141. The molecule has 0 aromatic heterocycles. The minimum absolute atomic E-state index is 0.108. The molecule has 0 aromatic carbocycles. The molecule has 4 nitrogen and oxygen atoms in total. The van der Waals surface area contributed by atoms with Gasteiger partial charge in [-0.05, 0) is 6.42 Å². The molecule has 1 unspecified atom stereocenters. The molecule has 41 heavy (non-hydrogen) atoms. The quantitative estimate of drug-likeness (QED) is 0.0710. The van der Waals surface area contributed by atoms with Crippen LogP contribution in [-0.4, -0.2) is 33.7 Å². The van der Waals surface area contributed by atoms with Crippen LogP contribution in [0.5, 0.6) is 0 Å². The molecule has 0 heterocycles. The molecule has 0 aliphatic rings. The predicted molar refractivity (Wildman–Crippen MR) is 180 cm³/mol. The number of thioether (sulfide) groups is 1. The third kappa shape index (κ3) is 33.7. The van der Waals surface area contributed by atoms with E-state index < -0.39 is 11.9 Å². The molecule has 0 fully saturated rings. The number of rotatable bonds is 35. The number of hydrogen-bond donors (Lipinski definition) is 2. The van der Waals surface area contributed by atoms with Gasteiger partial charge in [0.15, 0.2) is 0 Å². The number of carbonyl (C=O) groups is 2. The van der Waals surface area contributed by atoms with Gasteiger partial charge < -0.3 is 10.2 Å². The van der Waals surface area contributed by atoms with Crippen LogP contribution in [0.4, 0.5) is 0 Å². The van der Waals surface area contributed by atoms with Crippen molar-refractivity contribution in [3.8, 4) is 0 Å². The second-order valence-corrected chi connectivity index (χ2v) is 13.7. The van der Waals surface area contributed by atoms with Gasteiger partial charge in [-0.2, -0.15) is 11.8 Å². The highest BCUT2D eigenvalue weighted by Crippen LogP contribution is 2.19. The standard InChI is InChI=1S/C36H70O4S/c1-2-3-4-5-6-7-8-9-10-11-12-13-14-15-16-17-18-19-20-21-22-23-24-25-26-27-28-29-30-34(36(39)40)33-41-32-31-35(37)38/h34H,2-33H2,1H3,(H,37,38)(H,39,40). The first-order chi connectivity index (χ1) is 20.1. The Balaban J connectivity index is 3.22. The van der Waals surface area contributed by atoms with Crippen molar-refractivity contribution in [2.45, 2.75) is 200 Å². The molecular weight excluding hydrogens is 528 g/mol. The summed E-state index contributed by atoms with van der Waals surface area (Å²) in [7, 11) is 0. The largest absolute Gasteiger partial charge is 0.481 e. The maximum Gasteiger partial charge on any atom is 0.307 e. The smallest absolute Gasteiger partial charge is 0.307 e. The number of unbranched alkanes of at least 4 members (excludes halogenated alkanes) is 27. The summed E-state index contributed by atoms with van der Waals surface area (Å²) >= 11 is 1.45. The van der Waals surface area contributed by atoms with Crippen LogP contribution >= 0.6 is 11.8 Å². The van der Waals surface area contributed by atoms with E-state index in [9.17, 15) is 14.7 Å². The summed E-state index contributed by atoms with van der Waals surface area (Å²) in [5, 5.41) is 18.0. The Morgan fingerprint density at radius 1 is 0.488 bits per heavy atom. The van der Waals surface area contributed by atoms with Crippen molar-refractivity contribution in [3.63, 3.8) is 0 Å². The van der Waals surface area contributed by atoms with E-state index in [1.165, 1.54) is 179 Å². The van der Waals surface area contributed by atoms with Gasteiger partial charge in [0, 0.05) is 11.5 Å². The van der Waals surface area contributed by atoms with Gasteiger partial charge in [-0.3, -0.25) is 9.59 Å². The zero-order valence-corrected chi connectivity index (χ0v) is 28.1. The van der Waals surface area contributed by atoms with Crippen LogP contribution in [0, 0.1) is 5.92 Å². The fraction of sp³-hybridized carbons (Fsp3) is 0.944. The Morgan fingerprint density at radius 2 is 0.780 bits per heavy atom. The lowest BCUT2D eigenvalue weighted by Crippen LogP contribution is -2.16. The van der Waals surface area contributed by atoms with E-state index in [0.717, 1.165) is 19.3 Å². The van der Waals surface area contributed by atoms with Crippen LogP contribution in [0.15, 0.2) is 0 Å². The molecule has 1 atom stereocenters. The van der Waals surface area contributed by atoms with Gasteiger partial charge in [-0.15, -0.1) is 0 Å². The summed E-state index contributed by atoms with van der Waals surface area (Å²) in [5.41, 5.74) is 0. The van der Waals surface area contributed by atoms with Crippen molar-refractivity contribution in [2.75, 3.05) is 11.5 Å². The Morgan fingerprint density at radius 3 is 1.05 bits per heavy atom. The monoisotopic (exact) mass is 598 g/mol. The summed E-state index contributed by atoms with van der Waals surface area (Å²) in [4.78, 5) is 21.9. The van der Waals surface area contributed by atoms with Gasteiger partial charge in [-0.1, -0.05) is 187 Å². The summed E-state index contributed by atoms with van der Waals surface area (Å²) in [6.07, 6.45) is 39.6. The molecule has 5 heteroatoms. The molecule has 0 radical (unpaired) electrons. The second-order valence-electron chi connectivity index (χ2n) is 12.6. The van der Waals surface area contributed by atoms with E-state index in [1.807, 2.05) is 0 Å². The Labute approximate surface area is 260 Å². The van der Waals surface area contributed by atoms with Crippen molar-refractivity contribution in [1.82, 2.24) is 0 Å². The third-order valence-electron chi connectivity index (χ3n) is 8.53. The Kier molecular flexibility index (Phi) is 33.2. The molecule has 0 bridgehead atoms. The first-order valence-corrected chi connectivity index (χ1v) is 19.3. The van der Waals surface area contributed by atoms with Gasteiger partial charge in [0.25, 0.3) is 0 Å². The average Bonchev–Trinajstić information content (AvgIpc) is 2.95. The summed E-state index contributed by atoms with van der Waals surface area (Å²) in [6, 6.07) is 0. The average molecular weight is 599 g/mol. The molecule has 0 saturated heterocycles. The van der Waals surface area contributed by atoms with Gasteiger partial charge in [0.2, 0.25) is 0 Å². The molecule has 0 amide bonds. The van der Waals surface area contributed by atoms with E-state index in [2.05, 4.69) is 6.92 Å². The summed E-state index contributed by atoms with van der Waals surface area (Å²) in [5.74, 6) is -0.860. The van der Waals surface area contributed by atoms with E-state index in [0.29, 0.717) is 11.5 Å². The topological polar surface area (TPSA) is 74.6 Å².